The van der Waals surface area contributed by atoms with Gasteiger partial charge in [0, 0.05) is 5.92 Å². The zero-order valence-corrected chi connectivity index (χ0v) is 22.9. The fraction of sp³-hybridized carbons (Fsp3) is 0.900. The van der Waals surface area contributed by atoms with Crippen LogP contribution in [0, 0.1) is 50.7 Å². The Morgan fingerprint density at radius 3 is 2.23 bits per heavy atom. The molecule has 0 radical (unpaired) electrons. The molecule has 35 heavy (non-hydrogen) atoms. The van der Waals surface area contributed by atoms with Gasteiger partial charge in [0.15, 0.2) is 0 Å². The van der Waals surface area contributed by atoms with Crippen LogP contribution >= 0.6 is 0 Å². The Bertz CT molecular complexity index is 952. The first-order chi connectivity index (χ1) is 16.0. The molecule has 0 bridgehead atoms. The van der Waals surface area contributed by atoms with Gasteiger partial charge in [0.25, 0.3) is 0 Å². The Kier molecular flexibility index (Phi) is 5.40. The van der Waals surface area contributed by atoms with Gasteiger partial charge in [0.1, 0.15) is 0 Å². The van der Waals surface area contributed by atoms with Gasteiger partial charge in [0.2, 0.25) is 0 Å². The van der Waals surface area contributed by atoms with Crippen LogP contribution in [0.3, 0.4) is 0 Å². The highest BCUT2D eigenvalue weighted by Crippen LogP contribution is 2.76. The van der Waals surface area contributed by atoms with Crippen LogP contribution in [0.5, 0.6) is 0 Å². The third kappa shape index (κ3) is 2.90. The van der Waals surface area contributed by atoms with E-state index >= 15 is 0 Å². The molecule has 0 aromatic carbocycles. The van der Waals surface area contributed by atoms with Gasteiger partial charge in [-0.25, -0.2) is 0 Å². The molecule has 0 unspecified atom stereocenters. The molecule has 198 valence electrons. The van der Waals surface area contributed by atoms with Gasteiger partial charge in [-0.3, -0.25) is 4.79 Å². The Morgan fingerprint density at radius 2 is 1.60 bits per heavy atom. The molecule has 5 aliphatic rings. The number of rotatable bonds is 1. The van der Waals surface area contributed by atoms with Gasteiger partial charge in [0.05, 0.1) is 23.2 Å². The molecule has 5 aliphatic carbocycles. The molecule has 0 spiro atoms. The molecule has 5 heteroatoms. The molecule has 4 fully saturated rings. The van der Waals surface area contributed by atoms with Crippen LogP contribution in [-0.4, -0.2) is 44.2 Å². The van der Waals surface area contributed by atoms with E-state index in [2.05, 4.69) is 47.6 Å². The smallest absolute Gasteiger partial charge is 0.310 e. The van der Waals surface area contributed by atoms with Crippen molar-refractivity contribution >= 4 is 5.97 Å². The van der Waals surface area contributed by atoms with E-state index in [1.54, 1.807) is 0 Å². The van der Waals surface area contributed by atoms with E-state index in [9.17, 15) is 25.2 Å². The fourth-order valence-corrected chi connectivity index (χ4v) is 11.0. The predicted octanol–water partition coefficient (Wildman–Crippen LogP) is 5.18. The van der Waals surface area contributed by atoms with Gasteiger partial charge in [-0.2, -0.15) is 0 Å². The highest BCUT2D eigenvalue weighted by atomic mass is 16.4. The molecule has 4 N–H and O–H groups in total. The van der Waals surface area contributed by atoms with Crippen molar-refractivity contribution in [3.05, 3.63) is 11.6 Å². The van der Waals surface area contributed by atoms with Crippen LogP contribution in [0.2, 0.25) is 0 Å². The van der Waals surface area contributed by atoms with Crippen LogP contribution in [0.15, 0.2) is 11.6 Å². The molecule has 0 amide bonds. The van der Waals surface area contributed by atoms with E-state index in [1.165, 1.54) is 5.57 Å². The van der Waals surface area contributed by atoms with Gasteiger partial charge in [-0.05, 0) is 97.7 Å². The highest BCUT2D eigenvalue weighted by Gasteiger charge is 2.71. The highest BCUT2D eigenvalue weighted by molar-refractivity contribution is 5.77. The van der Waals surface area contributed by atoms with Gasteiger partial charge < -0.3 is 20.4 Å². The lowest BCUT2D eigenvalue weighted by Crippen LogP contribution is -2.68. The Balaban J connectivity index is 1.65. The third-order valence-electron chi connectivity index (χ3n) is 13.4. The van der Waals surface area contributed by atoms with E-state index < -0.39 is 29.2 Å². The van der Waals surface area contributed by atoms with Crippen molar-refractivity contribution < 1.29 is 25.2 Å². The molecule has 0 aliphatic heterocycles. The summed E-state index contributed by atoms with van der Waals surface area (Å²) in [4.78, 5) is 12.8. The number of carbonyl (C=O) groups is 1. The summed E-state index contributed by atoms with van der Waals surface area (Å²) in [6.45, 7) is 15.3. The average Bonchev–Trinajstić information content (AvgIpc) is 2.75. The minimum Gasteiger partial charge on any atom is -0.481 e. The summed E-state index contributed by atoms with van der Waals surface area (Å²) in [6.07, 6.45) is 7.21. The first-order valence-corrected chi connectivity index (χ1v) is 14.0. The van der Waals surface area contributed by atoms with Crippen molar-refractivity contribution in [1.29, 1.82) is 0 Å². The topological polar surface area (TPSA) is 98.0 Å². The van der Waals surface area contributed by atoms with Crippen molar-refractivity contribution in [2.24, 2.45) is 50.7 Å². The molecule has 0 aromatic heterocycles. The number of aliphatic carboxylic acids is 1. The maximum atomic E-state index is 12.8. The summed E-state index contributed by atoms with van der Waals surface area (Å²) >= 11 is 0. The van der Waals surface area contributed by atoms with E-state index in [4.69, 9.17) is 0 Å². The standard InChI is InChI=1S/C30H48O5/c1-17-10-13-30(24(33)34)15-14-27(5)18(22(30)29(17,7)35)8-9-21-26(4)16-19(31)23(32)25(2,3)20(26)11-12-28(21,27)6/h8,17,19-23,31-32,35H,9-16H2,1-7H3,(H,33,34)/t17-,19-,20+,21-,22-,23+,26+,27-,28-,29-,30+/m1/s1. The van der Waals surface area contributed by atoms with Crippen molar-refractivity contribution in [3.63, 3.8) is 0 Å². The number of fused-ring (bicyclic) bond motifs is 7. The predicted molar refractivity (Wildman–Crippen MR) is 135 cm³/mol. The normalized spacial score (nSPS) is 57.1. The summed E-state index contributed by atoms with van der Waals surface area (Å²) in [6, 6.07) is 0. The number of hydrogen-bond donors (Lipinski definition) is 4. The van der Waals surface area contributed by atoms with E-state index in [-0.39, 0.29) is 33.5 Å². The summed E-state index contributed by atoms with van der Waals surface area (Å²) in [7, 11) is 0. The average molecular weight is 489 g/mol. The second kappa shape index (κ2) is 7.35. The van der Waals surface area contributed by atoms with Crippen LogP contribution in [0.4, 0.5) is 0 Å². The van der Waals surface area contributed by atoms with Gasteiger partial charge >= 0.3 is 5.97 Å². The van der Waals surface area contributed by atoms with Crippen molar-refractivity contribution in [2.75, 3.05) is 0 Å². The van der Waals surface area contributed by atoms with E-state index in [0.29, 0.717) is 31.1 Å². The Hall–Kier alpha value is -0.910. The van der Waals surface area contributed by atoms with Gasteiger partial charge in [-0.1, -0.05) is 53.2 Å². The third-order valence-corrected chi connectivity index (χ3v) is 13.4. The quantitative estimate of drug-likeness (QED) is 0.382. The molecular formula is C30H48O5. The molecular weight excluding hydrogens is 440 g/mol. The van der Waals surface area contributed by atoms with Crippen LogP contribution < -0.4 is 0 Å². The SMILES string of the molecule is C[C@@H]1CC[C@]2(C(=O)O)CC[C@]3(C)C(=CC[C@@H]4[C@@]5(C)C[C@@H](O)[C@H](O)C(C)(C)[C@@H]5CC[C@]43C)[C@@H]2[C@]1(C)O. The molecule has 11 atom stereocenters. The monoisotopic (exact) mass is 488 g/mol. The fourth-order valence-electron chi connectivity index (χ4n) is 11.0. The van der Waals surface area contributed by atoms with Crippen molar-refractivity contribution in [3.8, 4) is 0 Å². The van der Waals surface area contributed by atoms with Crippen LogP contribution in [0.1, 0.15) is 99.8 Å². The molecule has 5 rings (SSSR count). The maximum Gasteiger partial charge on any atom is 0.310 e. The minimum absolute atomic E-state index is 0.0535. The van der Waals surface area contributed by atoms with E-state index in [0.717, 1.165) is 32.1 Å². The van der Waals surface area contributed by atoms with Crippen LogP contribution in [0.25, 0.3) is 0 Å². The zero-order valence-electron chi connectivity index (χ0n) is 22.9. The number of carboxylic acid groups (broad SMARTS) is 1. The number of aliphatic hydroxyl groups is 3. The Morgan fingerprint density at radius 1 is 0.943 bits per heavy atom. The van der Waals surface area contributed by atoms with Crippen molar-refractivity contribution in [2.45, 2.75) is 118 Å². The largest absolute Gasteiger partial charge is 0.481 e. The lowest BCUT2D eigenvalue weighted by atomic mass is 9.33. The second-order valence-corrected chi connectivity index (χ2v) is 14.9. The molecule has 0 heterocycles. The summed E-state index contributed by atoms with van der Waals surface area (Å²) in [5, 5.41) is 44.3. The van der Waals surface area contributed by atoms with Gasteiger partial charge in [-0.15, -0.1) is 0 Å². The molecule has 4 saturated carbocycles. The number of carboxylic acids is 1. The number of allylic oxidation sites excluding steroid dienone is 1. The molecule has 5 nitrogen and oxygen atoms in total. The zero-order chi connectivity index (χ0) is 26.0. The molecule has 0 saturated heterocycles. The lowest BCUT2D eigenvalue weighted by molar-refractivity contribution is -0.237. The van der Waals surface area contributed by atoms with Crippen molar-refractivity contribution in [1.82, 2.24) is 0 Å². The summed E-state index contributed by atoms with van der Waals surface area (Å²) in [5.41, 5.74) is -1.46. The second-order valence-electron chi connectivity index (χ2n) is 14.9. The minimum atomic E-state index is -1.05. The first-order valence-electron chi connectivity index (χ1n) is 14.0. The molecule has 0 aromatic rings. The number of hydrogen-bond acceptors (Lipinski definition) is 4. The Labute approximate surface area is 211 Å². The summed E-state index contributed by atoms with van der Waals surface area (Å²) < 4.78 is 0. The maximum absolute atomic E-state index is 12.8. The van der Waals surface area contributed by atoms with Crippen LogP contribution in [-0.2, 0) is 4.79 Å². The number of aliphatic hydroxyl groups excluding tert-OH is 2. The first kappa shape index (κ1) is 25.7. The van der Waals surface area contributed by atoms with E-state index in [1.807, 2.05) is 6.92 Å². The lowest BCUT2D eigenvalue weighted by Gasteiger charge is -2.72. The summed E-state index contributed by atoms with van der Waals surface area (Å²) in [5.74, 6) is -0.394.